The van der Waals surface area contributed by atoms with Crippen molar-refractivity contribution in [2.24, 2.45) is 0 Å². The third-order valence-corrected chi connectivity index (χ3v) is 4.98. The minimum atomic E-state index is -3.28. The molecule has 0 atom stereocenters. The summed E-state index contributed by atoms with van der Waals surface area (Å²) in [4.78, 5) is 10.8. The minimum absolute atomic E-state index is 0.144. The van der Waals surface area contributed by atoms with E-state index < -0.39 is 17.3 Å². The highest BCUT2D eigenvalue weighted by Crippen LogP contribution is 2.32. The molecule has 2 aromatic rings. The summed E-state index contributed by atoms with van der Waals surface area (Å²) in [5.41, 5.74) is 6.04. The van der Waals surface area contributed by atoms with E-state index in [-0.39, 0.29) is 12.6 Å². The normalized spacial score (nSPS) is 17.0. The molecule has 4 rings (SSSR count). The van der Waals surface area contributed by atoms with Crippen LogP contribution in [0.3, 0.4) is 0 Å². The molecular weight excluding hydrogens is 397 g/mol. The Balaban J connectivity index is 1.41. The maximum Gasteiger partial charge on any atom is 0.318 e. The van der Waals surface area contributed by atoms with E-state index >= 15 is 0 Å². The van der Waals surface area contributed by atoms with Crippen LogP contribution in [0.2, 0.25) is 0 Å². The standard InChI is InChI=1S/C20H23F3N6O/c1-20(22,23)16-11-15(5-6-17(16)21)29-12-14(26-27-29)13-30-19-24-8-7-18(25-19)28-9-3-2-4-10-28/h5-8,11-12,26-27H,2-4,9-10,13H2,1H3. The Morgan fingerprint density at radius 1 is 1.17 bits per heavy atom. The third-order valence-electron chi connectivity index (χ3n) is 4.98. The number of halogens is 3. The number of hydrazine groups is 2. The zero-order valence-electron chi connectivity index (χ0n) is 16.5. The van der Waals surface area contributed by atoms with Gasteiger partial charge in [-0.2, -0.15) is 4.98 Å². The smallest absolute Gasteiger partial charge is 0.318 e. The van der Waals surface area contributed by atoms with Gasteiger partial charge in [0.15, 0.2) is 0 Å². The molecule has 0 spiro atoms. The molecule has 2 aliphatic rings. The number of nitrogens with zero attached hydrogens (tertiary/aromatic N) is 4. The zero-order chi connectivity index (χ0) is 21.1. The number of aromatic nitrogens is 2. The molecule has 1 aromatic carbocycles. The molecular formula is C20H23F3N6O. The lowest BCUT2D eigenvalue weighted by Crippen LogP contribution is -2.37. The van der Waals surface area contributed by atoms with E-state index in [9.17, 15) is 13.2 Å². The fourth-order valence-electron chi connectivity index (χ4n) is 3.41. The summed E-state index contributed by atoms with van der Waals surface area (Å²) in [6.45, 7) is 2.75. The molecule has 0 saturated carbocycles. The van der Waals surface area contributed by atoms with Crippen LogP contribution in [-0.4, -0.2) is 29.7 Å². The van der Waals surface area contributed by atoms with Crippen LogP contribution in [0.1, 0.15) is 31.7 Å². The lowest BCUT2D eigenvalue weighted by molar-refractivity contribution is 0.0138. The van der Waals surface area contributed by atoms with Gasteiger partial charge in [0.25, 0.3) is 5.92 Å². The van der Waals surface area contributed by atoms with Crippen LogP contribution in [0.15, 0.2) is 42.4 Å². The first-order chi connectivity index (χ1) is 14.4. The fourth-order valence-corrected chi connectivity index (χ4v) is 3.41. The SMILES string of the molecule is CC(F)(F)c1cc(N2C=C(COc3nccc(N4CCCCC4)n3)NN2)ccc1F. The number of benzene rings is 1. The molecule has 1 saturated heterocycles. The number of anilines is 2. The van der Waals surface area contributed by atoms with Crippen LogP contribution in [-0.2, 0) is 5.92 Å². The summed E-state index contributed by atoms with van der Waals surface area (Å²) in [6, 6.07) is 5.66. The second-order valence-electron chi connectivity index (χ2n) is 7.35. The van der Waals surface area contributed by atoms with Crippen molar-refractivity contribution in [3.63, 3.8) is 0 Å². The van der Waals surface area contributed by atoms with Crippen LogP contribution in [0.25, 0.3) is 0 Å². The van der Waals surface area contributed by atoms with Gasteiger partial charge in [0.2, 0.25) is 0 Å². The Morgan fingerprint density at radius 3 is 2.73 bits per heavy atom. The first-order valence-corrected chi connectivity index (χ1v) is 9.80. The van der Waals surface area contributed by atoms with Crippen LogP contribution in [0, 0.1) is 5.82 Å². The second-order valence-corrected chi connectivity index (χ2v) is 7.35. The molecule has 0 unspecified atom stereocenters. The fraction of sp³-hybridized carbons (Fsp3) is 0.400. The summed E-state index contributed by atoms with van der Waals surface area (Å²) < 4.78 is 46.6. The molecule has 160 valence electrons. The number of nitrogens with one attached hydrogen (secondary N) is 2. The summed E-state index contributed by atoms with van der Waals surface area (Å²) >= 11 is 0. The minimum Gasteiger partial charge on any atom is -0.457 e. The quantitative estimate of drug-likeness (QED) is 0.742. The Morgan fingerprint density at radius 2 is 1.97 bits per heavy atom. The van der Waals surface area contributed by atoms with Crippen LogP contribution >= 0.6 is 0 Å². The molecule has 10 heteroatoms. The van der Waals surface area contributed by atoms with Gasteiger partial charge in [-0.1, -0.05) is 0 Å². The Hall–Kier alpha value is -3.01. The predicted octanol–water partition coefficient (Wildman–Crippen LogP) is 3.47. The molecule has 2 N–H and O–H groups in total. The predicted molar refractivity (Wildman–Crippen MR) is 106 cm³/mol. The van der Waals surface area contributed by atoms with Crippen LogP contribution < -0.4 is 25.6 Å². The molecule has 7 nitrogen and oxygen atoms in total. The average Bonchev–Trinajstić information content (AvgIpc) is 3.22. The van der Waals surface area contributed by atoms with Crippen molar-refractivity contribution in [3.8, 4) is 6.01 Å². The number of rotatable bonds is 6. The topological polar surface area (TPSA) is 65.5 Å². The zero-order valence-corrected chi connectivity index (χ0v) is 16.5. The number of ether oxygens (including phenoxy) is 1. The summed E-state index contributed by atoms with van der Waals surface area (Å²) in [7, 11) is 0. The van der Waals surface area contributed by atoms with Gasteiger partial charge in [0.05, 0.1) is 16.9 Å². The molecule has 0 aliphatic carbocycles. The highest BCUT2D eigenvalue weighted by molar-refractivity contribution is 5.52. The van der Waals surface area contributed by atoms with Crippen molar-refractivity contribution in [2.75, 3.05) is 29.6 Å². The Bertz CT molecular complexity index is 927. The van der Waals surface area contributed by atoms with E-state index in [0.717, 1.165) is 43.9 Å². The summed E-state index contributed by atoms with van der Waals surface area (Å²) in [5, 5.41) is 1.47. The highest BCUT2D eigenvalue weighted by atomic mass is 19.3. The first kappa shape index (κ1) is 20.3. The van der Waals surface area contributed by atoms with E-state index in [0.29, 0.717) is 18.3 Å². The van der Waals surface area contributed by atoms with Gasteiger partial charge in [-0.15, -0.1) is 5.53 Å². The van der Waals surface area contributed by atoms with Gasteiger partial charge in [0.1, 0.15) is 18.2 Å². The van der Waals surface area contributed by atoms with Gasteiger partial charge in [-0.3, -0.25) is 5.01 Å². The average molecular weight is 420 g/mol. The summed E-state index contributed by atoms with van der Waals surface area (Å²) in [6.07, 6.45) is 6.83. The molecule has 2 aliphatic heterocycles. The lowest BCUT2D eigenvalue weighted by Gasteiger charge is -2.27. The molecule has 1 aromatic heterocycles. The number of alkyl halides is 2. The van der Waals surface area contributed by atoms with E-state index in [2.05, 4.69) is 25.8 Å². The summed E-state index contributed by atoms with van der Waals surface area (Å²) in [5.74, 6) is -3.39. The largest absolute Gasteiger partial charge is 0.457 e. The van der Waals surface area contributed by atoms with Crippen LogP contribution in [0.4, 0.5) is 24.7 Å². The van der Waals surface area contributed by atoms with Crippen molar-refractivity contribution in [1.82, 2.24) is 20.9 Å². The van der Waals surface area contributed by atoms with E-state index in [1.807, 2.05) is 6.07 Å². The van der Waals surface area contributed by atoms with Gasteiger partial charge < -0.3 is 15.1 Å². The maximum atomic E-state index is 13.7. The van der Waals surface area contributed by atoms with Crippen molar-refractivity contribution < 1.29 is 17.9 Å². The molecule has 0 radical (unpaired) electrons. The van der Waals surface area contributed by atoms with E-state index in [1.54, 1.807) is 12.4 Å². The van der Waals surface area contributed by atoms with Crippen molar-refractivity contribution in [3.05, 3.63) is 53.7 Å². The van der Waals surface area contributed by atoms with E-state index in [1.165, 1.54) is 17.5 Å². The molecule has 30 heavy (non-hydrogen) atoms. The van der Waals surface area contributed by atoms with Gasteiger partial charge >= 0.3 is 6.01 Å². The number of piperidine rings is 1. The maximum absolute atomic E-state index is 13.7. The third kappa shape index (κ3) is 4.59. The molecule has 1 fully saturated rings. The molecule has 3 heterocycles. The van der Waals surface area contributed by atoms with E-state index in [4.69, 9.17) is 4.74 Å². The van der Waals surface area contributed by atoms with Gasteiger partial charge in [-0.05, 0) is 43.5 Å². The van der Waals surface area contributed by atoms with Crippen molar-refractivity contribution in [1.29, 1.82) is 0 Å². The number of hydrogen-bond acceptors (Lipinski definition) is 7. The van der Waals surface area contributed by atoms with Crippen LogP contribution in [0.5, 0.6) is 6.01 Å². The molecule has 0 amide bonds. The Labute approximate surface area is 172 Å². The molecule has 0 bridgehead atoms. The van der Waals surface area contributed by atoms with Gasteiger partial charge in [-0.25, -0.2) is 18.2 Å². The monoisotopic (exact) mass is 420 g/mol. The lowest BCUT2D eigenvalue weighted by atomic mass is 10.1. The van der Waals surface area contributed by atoms with Gasteiger partial charge in [0, 0.05) is 32.4 Å². The van der Waals surface area contributed by atoms with Crippen molar-refractivity contribution in [2.45, 2.75) is 32.1 Å². The second kappa shape index (κ2) is 8.39. The number of hydrogen-bond donors (Lipinski definition) is 2. The van der Waals surface area contributed by atoms with Crippen molar-refractivity contribution >= 4 is 11.5 Å². The highest BCUT2D eigenvalue weighted by Gasteiger charge is 2.29. The Kier molecular flexibility index (Phi) is 5.67. The first-order valence-electron chi connectivity index (χ1n) is 9.80.